The molecular weight excluding hydrogens is 267 g/mol. The third-order valence-electron chi connectivity index (χ3n) is 3.25. The smallest absolute Gasteiger partial charge is 0.327 e. The van der Waals surface area contributed by atoms with E-state index in [0.29, 0.717) is 19.4 Å². The first-order valence-corrected chi connectivity index (χ1v) is 7.27. The third-order valence-corrected chi connectivity index (χ3v) is 4.56. The molecule has 0 saturated carbocycles. The topological polar surface area (TPSA) is 89.9 Å². The molecule has 2 fully saturated rings. The average molecular weight is 285 g/mol. The van der Waals surface area contributed by atoms with Crippen LogP contribution in [0.3, 0.4) is 0 Å². The normalized spacial score (nSPS) is 29.2. The van der Waals surface area contributed by atoms with Gasteiger partial charge in [0.1, 0.15) is 5.78 Å². The maximum atomic E-state index is 12.0. The highest BCUT2D eigenvalue weighted by molar-refractivity contribution is 7.52. The number of hydrogen-bond acceptors (Lipinski definition) is 3. The largest absolute Gasteiger partial charge is 0.347 e. The molecule has 6 nitrogen and oxygen atoms in total. The molecule has 0 aliphatic carbocycles. The number of hydrogen-bond donors (Lipinski definition) is 3. The van der Waals surface area contributed by atoms with Crippen molar-refractivity contribution in [3.63, 3.8) is 0 Å². The maximum Gasteiger partial charge on any atom is 0.347 e. The van der Waals surface area contributed by atoms with Gasteiger partial charge in [0, 0.05) is 6.54 Å². The summed E-state index contributed by atoms with van der Waals surface area (Å²) in [6.07, 6.45) is 2.80. The molecule has 2 atom stereocenters. The van der Waals surface area contributed by atoms with Crippen molar-refractivity contribution >= 4 is 25.9 Å². The predicted molar refractivity (Wildman–Crippen MR) is 65.1 cm³/mol. The van der Waals surface area contributed by atoms with Gasteiger partial charge in [0.2, 0.25) is 5.91 Å². The Morgan fingerprint density at radius 2 is 2.00 bits per heavy atom. The van der Waals surface area contributed by atoms with Gasteiger partial charge < -0.3 is 20.0 Å². The first-order chi connectivity index (χ1) is 7.50. The molecule has 1 amide bonds. The zero-order valence-electron chi connectivity index (χ0n) is 9.41. The summed E-state index contributed by atoms with van der Waals surface area (Å²) < 4.78 is 11.2. The summed E-state index contributed by atoms with van der Waals surface area (Å²) in [7, 11) is -4.19. The van der Waals surface area contributed by atoms with E-state index in [1.807, 2.05) is 0 Å². The molecule has 100 valence electrons. The van der Waals surface area contributed by atoms with Gasteiger partial charge in [0.05, 0.1) is 6.04 Å². The lowest BCUT2D eigenvalue weighted by Crippen LogP contribution is -2.45. The van der Waals surface area contributed by atoms with Crippen LogP contribution in [-0.2, 0) is 9.36 Å². The molecule has 0 aromatic heterocycles. The molecule has 0 unspecified atom stereocenters. The lowest BCUT2D eigenvalue weighted by atomic mass is 10.2. The highest BCUT2D eigenvalue weighted by Crippen LogP contribution is 2.48. The van der Waals surface area contributed by atoms with Crippen LogP contribution in [0.15, 0.2) is 0 Å². The van der Waals surface area contributed by atoms with E-state index >= 15 is 0 Å². The number of nitrogens with zero attached hydrogens (tertiary/aromatic N) is 1. The Labute approximate surface area is 106 Å². The van der Waals surface area contributed by atoms with Crippen LogP contribution in [0.5, 0.6) is 0 Å². The Morgan fingerprint density at radius 1 is 1.29 bits per heavy atom. The summed E-state index contributed by atoms with van der Waals surface area (Å²) in [5.41, 5.74) is 0. The van der Waals surface area contributed by atoms with Crippen molar-refractivity contribution in [2.45, 2.75) is 37.5 Å². The van der Waals surface area contributed by atoms with Crippen molar-refractivity contribution in [2.75, 3.05) is 13.1 Å². The van der Waals surface area contributed by atoms with E-state index in [9.17, 15) is 19.1 Å². The number of amides is 1. The number of likely N-dealkylation sites (tertiary alicyclic amines) is 1. The van der Waals surface area contributed by atoms with E-state index in [4.69, 9.17) is 0 Å². The van der Waals surface area contributed by atoms with E-state index in [0.717, 1.165) is 19.4 Å². The summed E-state index contributed by atoms with van der Waals surface area (Å²) >= 11 is 0. The SMILES string of the molecule is Cl.O=C([C@@H]1CCCN1)N1CCC[C@H]1P(=O)(O)O. The van der Waals surface area contributed by atoms with Crippen LogP contribution in [0.1, 0.15) is 25.7 Å². The molecule has 0 aromatic rings. The number of carbonyl (C=O) groups excluding carboxylic acids is 1. The number of nitrogens with one attached hydrogen (secondary N) is 1. The van der Waals surface area contributed by atoms with E-state index in [2.05, 4.69) is 5.32 Å². The summed E-state index contributed by atoms with van der Waals surface area (Å²) in [4.78, 5) is 31.7. The van der Waals surface area contributed by atoms with Crippen molar-refractivity contribution in [3.05, 3.63) is 0 Å². The molecule has 3 N–H and O–H groups in total. The second-order valence-electron chi connectivity index (χ2n) is 4.39. The van der Waals surface area contributed by atoms with Gasteiger partial charge in [-0.25, -0.2) is 0 Å². The summed E-state index contributed by atoms with van der Waals surface area (Å²) in [6.45, 7) is 1.28. The number of halogens is 1. The monoisotopic (exact) mass is 284 g/mol. The van der Waals surface area contributed by atoms with Crippen molar-refractivity contribution < 1.29 is 19.1 Å². The Kier molecular flexibility index (Phi) is 4.98. The molecule has 17 heavy (non-hydrogen) atoms. The third kappa shape index (κ3) is 3.20. The van der Waals surface area contributed by atoms with Gasteiger partial charge in [-0.05, 0) is 32.2 Å². The van der Waals surface area contributed by atoms with E-state index in [-0.39, 0.29) is 24.4 Å². The number of rotatable bonds is 2. The highest BCUT2D eigenvalue weighted by atomic mass is 35.5. The summed E-state index contributed by atoms with van der Waals surface area (Å²) in [6, 6.07) is -0.243. The van der Waals surface area contributed by atoms with Gasteiger partial charge in [-0.2, -0.15) is 0 Å². The minimum atomic E-state index is -4.19. The van der Waals surface area contributed by atoms with Gasteiger partial charge in [0.15, 0.2) is 0 Å². The lowest BCUT2D eigenvalue weighted by Gasteiger charge is -2.27. The predicted octanol–water partition coefficient (Wildman–Crippen LogP) is 0.286. The fourth-order valence-corrected chi connectivity index (χ4v) is 3.56. The van der Waals surface area contributed by atoms with Gasteiger partial charge in [-0.3, -0.25) is 9.36 Å². The first kappa shape index (κ1) is 14.9. The van der Waals surface area contributed by atoms with Crippen molar-refractivity contribution in [1.82, 2.24) is 10.2 Å². The molecule has 0 radical (unpaired) electrons. The Balaban J connectivity index is 0.00000144. The molecule has 2 heterocycles. The van der Waals surface area contributed by atoms with Crippen LogP contribution in [0.25, 0.3) is 0 Å². The molecule has 0 aromatic carbocycles. The maximum absolute atomic E-state index is 12.0. The Bertz CT molecular complexity index is 329. The average Bonchev–Trinajstić information content (AvgIpc) is 2.87. The molecule has 2 aliphatic heterocycles. The molecule has 2 aliphatic rings. The van der Waals surface area contributed by atoms with E-state index in [1.54, 1.807) is 0 Å². The molecule has 8 heteroatoms. The summed E-state index contributed by atoms with van der Waals surface area (Å²) in [5, 5.41) is 3.06. The van der Waals surface area contributed by atoms with Crippen molar-refractivity contribution in [1.29, 1.82) is 0 Å². The fraction of sp³-hybridized carbons (Fsp3) is 0.889. The van der Waals surface area contributed by atoms with Crippen LogP contribution in [0.4, 0.5) is 0 Å². The van der Waals surface area contributed by atoms with E-state index in [1.165, 1.54) is 4.90 Å². The lowest BCUT2D eigenvalue weighted by molar-refractivity contribution is -0.132. The number of carbonyl (C=O) groups is 1. The quantitative estimate of drug-likeness (QED) is 0.634. The van der Waals surface area contributed by atoms with Crippen LogP contribution < -0.4 is 5.32 Å². The fourth-order valence-electron chi connectivity index (χ4n) is 2.45. The molecule has 0 bridgehead atoms. The van der Waals surface area contributed by atoms with Crippen LogP contribution in [-0.4, -0.2) is 45.5 Å². The second-order valence-corrected chi connectivity index (χ2v) is 6.17. The molecule has 2 rings (SSSR count). The molecule has 2 saturated heterocycles. The van der Waals surface area contributed by atoms with Gasteiger partial charge in [-0.1, -0.05) is 0 Å². The van der Waals surface area contributed by atoms with Crippen molar-refractivity contribution in [2.24, 2.45) is 0 Å². The second kappa shape index (κ2) is 5.67. The van der Waals surface area contributed by atoms with Crippen LogP contribution >= 0.6 is 20.0 Å². The zero-order chi connectivity index (χ0) is 11.8. The zero-order valence-corrected chi connectivity index (χ0v) is 11.1. The van der Waals surface area contributed by atoms with E-state index < -0.39 is 13.4 Å². The molecular formula is C9H18ClN2O4P. The summed E-state index contributed by atoms with van der Waals surface area (Å²) in [5.74, 6) is -1.05. The standard InChI is InChI=1S/C9H17N2O4P.ClH/c12-9(7-3-1-5-10-7)11-6-2-4-8(11)16(13,14)15;/h7-8,10H,1-6H2,(H2,13,14,15);1H/t7-,8+;/m0./s1. The van der Waals surface area contributed by atoms with Gasteiger partial charge in [-0.15, -0.1) is 12.4 Å². The van der Waals surface area contributed by atoms with Crippen LogP contribution in [0.2, 0.25) is 0 Å². The Morgan fingerprint density at radius 3 is 2.53 bits per heavy atom. The van der Waals surface area contributed by atoms with Gasteiger partial charge in [0.25, 0.3) is 0 Å². The Hall–Kier alpha value is -0.130. The minimum absolute atomic E-state index is 0. The highest BCUT2D eigenvalue weighted by Gasteiger charge is 2.42. The minimum Gasteiger partial charge on any atom is -0.327 e. The first-order valence-electron chi connectivity index (χ1n) is 5.59. The van der Waals surface area contributed by atoms with Crippen molar-refractivity contribution in [3.8, 4) is 0 Å². The van der Waals surface area contributed by atoms with Gasteiger partial charge >= 0.3 is 7.60 Å². The molecule has 0 spiro atoms. The van der Waals surface area contributed by atoms with Crippen LogP contribution in [0, 0.1) is 0 Å².